The summed E-state index contributed by atoms with van der Waals surface area (Å²) in [5.74, 6) is 0. The van der Waals surface area contributed by atoms with Crippen molar-refractivity contribution in [3.8, 4) is 0 Å². The summed E-state index contributed by atoms with van der Waals surface area (Å²) in [5.41, 5.74) is 0. The van der Waals surface area contributed by atoms with Gasteiger partial charge in [-0.2, -0.15) is 0 Å². The van der Waals surface area contributed by atoms with E-state index in [0.29, 0.717) is 0 Å². The van der Waals surface area contributed by atoms with E-state index in [-0.39, 0.29) is 0 Å². The molecule has 0 aromatic heterocycles. The Bertz CT molecular complexity index is 181. The van der Waals surface area contributed by atoms with Gasteiger partial charge in [0, 0.05) is 0 Å². The third kappa shape index (κ3) is 10.3. The molecule has 0 unspecified atom stereocenters. The monoisotopic (exact) mass is 162 g/mol. The molecule has 1 rings (SSSR count). The molecule has 1 aromatic carbocycles. The molecule has 0 radical (unpaired) electrons. The van der Waals surface area contributed by atoms with Crippen LogP contribution in [0.5, 0.6) is 0 Å². The van der Waals surface area contributed by atoms with Gasteiger partial charge < -0.3 is 0 Å². The molecule has 0 nitrogen and oxygen atoms in total. The van der Waals surface area contributed by atoms with E-state index in [1.54, 1.807) is 0 Å². The van der Waals surface area contributed by atoms with Gasteiger partial charge in [0.05, 0.1) is 0 Å². The fraction of sp³-hybridized carbons (Fsp3) is 0.455. The molecule has 0 aliphatic heterocycles. The zero-order valence-corrected chi connectivity index (χ0v) is 9.22. The second-order valence-electron chi connectivity index (χ2n) is 3.36. The Hall–Kier alpha value is 0.415. The van der Waals surface area contributed by atoms with Crippen LogP contribution in [0.2, 0.25) is 5.09 Å². The van der Waals surface area contributed by atoms with Crippen LogP contribution in [-0.4, -0.2) is 35.4 Å². The summed E-state index contributed by atoms with van der Waals surface area (Å²) < 4.78 is 1.32. The van der Waals surface area contributed by atoms with Crippen molar-refractivity contribution >= 4 is 39.7 Å². The molecule has 0 aliphatic carbocycles. The Balaban J connectivity index is 0.000000226. The van der Waals surface area contributed by atoms with Crippen molar-refractivity contribution in [2.24, 2.45) is 0 Å². The number of unbranched alkanes of at least 4 members (excludes halogenated alkanes) is 2. The minimum absolute atomic E-state index is 1.32. The molecule has 2 heteroatoms. The van der Waals surface area contributed by atoms with Gasteiger partial charge in [-0.1, -0.05) is 0 Å². The zero-order valence-electron chi connectivity index (χ0n) is 9.22. The van der Waals surface area contributed by atoms with E-state index in [9.17, 15) is 0 Å². The third-order valence-electron chi connectivity index (χ3n) is 1.90. The van der Waals surface area contributed by atoms with Gasteiger partial charge in [0.1, 0.15) is 0 Å². The molecular formula is C11H16Li2. The fourth-order valence-corrected chi connectivity index (χ4v) is 1.03. The van der Waals surface area contributed by atoms with Crippen LogP contribution in [0, 0.1) is 0 Å². The molecule has 62 valence electrons. The molecule has 0 atom stereocenters. The van der Waals surface area contributed by atoms with Gasteiger partial charge in [-0.3, -0.25) is 0 Å². The molecule has 0 heterocycles. The quantitative estimate of drug-likeness (QED) is 0.472. The SMILES string of the molecule is [Li][CH2]CCCC.[Li][c]1ccccc1. The van der Waals surface area contributed by atoms with Crippen molar-refractivity contribution in [2.45, 2.75) is 31.3 Å². The summed E-state index contributed by atoms with van der Waals surface area (Å²) in [7, 11) is 0. The topological polar surface area (TPSA) is 0 Å². The van der Waals surface area contributed by atoms with E-state index in [4.69, 9.17) is 0 Å². The van der Waals surface area contributed by atoms with Gasteiger partial charge in [0.2, 0.25) is 0 Å². The van der Waals surface area contributed by atoms with Gasteiger partial charge in [0.25, 0.3) is 0 Å². The molecule has 0 saturated carbocycles. The number of rotatable bonds is 3. The van der Waals surface area contributed by atoms with Crippen molar-refractivity contribution in [2.75, 3.05) is 0 Å². The van der Waals surface area contributed by atoms with Crippen LogP contribution >= 0.6 is 0 Å². The van der Waals surface area contributed by atoms with Crippen LogP contribution in [0.1, 0.15) is 26.2 Å². The molecule has 0 amide bonds. The Labute approximate surface area is 101 Å². The van der Waals surface area contributed by atoms with Crippen molar-refractivity contribution < 1.29 is 0 Å². The van der Waals surface area contributed by atoms with Gasteiger partial charge in [-0.05, 0) is 0 Å². The first-order valence-electron chi connectivity index (χ1n) is 5.32. The predicted octanol–water partition coefficient (Wildman–Crippen LogP) is 2.24. The van der Waals surface area contributed by atoms with Crippen LogP contribution in [0.15, 0.2) is 30.3 Å². The summed E-state index contributed by atoms with van der Waals surface area (Å²) in [5, 5.41) is 1.36. The van der Waals surface area contributed by atoms with Crippen LogP contribution in [0.25, 0.3) is 0 Å². The number of benzene rings is 1. The first kappa shape index (κ1) is 13.4. The Morgan fingerprint density at radius 1 is 1.08 bits per heavy atom. The standard InChI is InChI=1S/C6H5.C5H11.2Li/c1-2-4-6-5-3-1;1-3-5-4-2;;/h1-5H;1,3-5H2,2H3;;. The van der Waals surface area contributed by atoms with E-state index in [1.165, 1.54) is 28.6 Å². The maximum absolute atomic E-state index is 2.23. The molecule has 0 N–H and O–H groups in total. The zero-order chi connectivity index (χ0) is 9.94. The molecule has 0 aliphatic rings. The average Bonchev–Trinajstić information content (AvgIpc) is 2.17. The minimum atomic E-state index is 1.32. The molecule has 0 saturated heterocycles. The van der Waals surface area contributed by atoms with Crippen LogP contribution in [0.4, 0.5) is 0 Å². The van der Waals surface area contributed by atoms with Crippen molar-refractivity contribution in [3.63, 3.8) is 0 Å². The molecule has 13 heavy (non-hydrogen) atoms. The average molecular weight is 162 g/mol. The molecule has 0 bridgehead atoms. The first-order valence-corrected chi connectivity index (χ1v) is 5.32. The normalized spacial score (nSPS) is 9.00. The summed E-state index contributed by atoms with van der Waals surface area (Å²) in [6.45, 7) is 2.23. The Kier molecular flexibility index (Phi) is 10.8. The summed E-state index contributed by atoms with van der Waals surface area (Å²) in [6.07, 6.45) is 4.18. The molecular weight excluding hydrogens is 146 g/mol. The Morgan fingerprint density at radius 3 is 1.92 bits per heavy atom. The van der Waals surface area contributed by atoms with Gasteiger partial charge in [-0.15, -0.1) is 0 Å². The van der Waals surface area contributed by atoms with Crippen molar-refractivity contribution in [3.05, 3.63) is 30.3 Å². The van der Waals surface area contributed by atoms with Crippen molar-refractivity contribution in [1.82, 2.24) is 0 Å². The van der Waals surface area contributed by atoms with E-state index in [0.717, 1.165) is 0 Å². The van der Waals surface area contributed by atoms with Crippen LogP contribution in [-0.2, 0) is 0 Å². The van der Waals surface area contributed by atoms with Crippen LogP contribution in [0.3, 0.4) is 0 Å². The summed E-state index contributed by atoms with van der Waals surface area (Å²) in [4.78, 5) is 0. The van der Waals surface area contributed by atoms with Gasteiger partial charge in [0.15, 0.2) is 0 Å². The van der Waals surface area contributed by atoms with E-state index < -0.39 is 0 Å². The summed E-state index contributed by atoms with van der Waals surface area (Å²) in [6, 6.07) is 10.3. The predicted molar refractivity (Wildman–Crippen MR) is 61.9 cm³/mol. The van der Waals surface area contributed by atoms with Gasteiger partial charge >= 0.3 is 101 Å². The first-order chi connectivity index (χ1) is 6.31. The fourth-order valence-electron chi connectivity index (χ4n) is 1.03. The Morgan fingerprint density at radius 2 is 1.69 bits per heavy atom. The molecule has 1 aromatic rings. The van der Waals surface area contributed by atoms with Crippen LogP contribution < -0.4 is 4.24 Å². The second-order valence-corrected chi connectivity index (χ2v) is 3.36. The van der Waals surface area contributed by atoms with Crippen molar-refractivity contribution in [1.29, 1.82) is 0 Å². The van der Waals surface area contributed by atoms with E-state index in [1.807, 2.05) is 18.2 Å². The number of hydrogen-bond donors (Lipinski definition) is 0. The van der Waals surface area contributed by atoms with E-state index in [2.05, 4.69) is 54.5 Å². The van der Waals surface area contributed by atoms with E-state index >= 15 is 0 Å². The maximum atomic E-state index is 2.23. The molecule has 0 fully saturated rings. The number of hydrogen-bond acceptors (Lipinski definition) is 0. The van der Waals surface area contributed by atoms with Gasteiger partial charge in [-0.25, -0.2) is 0 Å². The molecule has 0 spiro atoms. The third-order valence-corrected chi connectivity index (χ3v) is 1.90. The summed E-state index contributed by atoms with van der Waals surface area (Å²) >= 11 is 4.32. The second kappa shape index (κ2) is 10.5.